The second-order valence-corrected chi connectivity index (χ2v) is 5.59. The van der Waals surface area contributed by atoms with E-state index in [1.54, 1.807) is 10.8 Å². The number of allylic oxidation sites excluding steroid dienone is 1. The van der Waals surface area contributed by atoms with Gasteiger partial charge in [-0.1, -0.05) is 36.0 Å². The van der Waals surface area contributed by atoms with Gasteiger partial charge in [0.15, 0.2) is 0 Å². The molecule has 1 aromatic heterocycles. The quantitative estimate of drug-likeness (QED) is 0.619. The van der Waals surface area contributed by atoms with E-state index in [1.165, 1.54) is 17.3 Å². The molecule has 0 saturated carbocycles. The van der Waals surface area contributed by atoms with Crippen molar-refractivity contribution in [3.05, 3.63) is 42.5 Å². The standard InChI is InChI=1S/C14H15N5OS/c1-2-8-19-14(15-16-17-19)21-10-13(20)18-9-7-11-5-3-4-6-12(11)18/h2-6H,1,7-10H2. The largest absolute Gasteiger partial charge is 0.311 e. The Morgan fingerprint density at radius 2 is 2.29 bits per heavy atom. The average Bonchev–Trinajstić information content (AvgIpc) is 3.12. The molecule has 1 amide bonds. The molecule has 2 heterocycles. The van der Waals surface area contributed by atoms with Crippen LogP contribution in [0.4, 0.5) is 5.69 Å². The number of nitrogens with zero attached hydrogens (tertiary/aromatic N) is 5. The van der Waals surface area contributed by atoms with Crippen LogP contribution in [-0.2, 0) is 17.8 Å². The molecule has 0 atom stereocenters. The number of fused-ring (bicyclic) bond motifs is 1. The van der Waals surface area contributed by atoms with Gasteiger partial charge in [-0.05, 0) is 28.5 Å². The number of aromatic nitrogens is 4. The Kier molecular flexibility index (Phi) is 4.01. The number of thioether (sulfide) groups is 1. The third-order valence-corrected chi connectivity index (χ3v) is 4.26. The zero-order chi connectivity index (χ0) is 14.7. The maximum absolute atomic E-state index is 12.4. The number of hydrogen-bond donors (Lipinski definition) is 0. The van der Waals surface area contributed by atoms with Crippen LogP contribution in [0.5, 0.6) is 0 Å². The van der Waals surface area contributed by atoms with E-state index in [4.69, 9.17) is 0 Å². The predicted octanol–water partition coefficient (Wildman–Crippen LogP) is 1.54. The summed E-state index contributed by atoms with van der Waals surface area (Å²) in [5, 5.41) is 12.0. The molecule has 6 nitrogen and oxygen atoms in total. The van der Waals surface area contributed by atoms with E-state index in [9.17, 15) is 4.79 Å². The molecule has 1 aliphatic rings. The zero-order valence-electron chi connectivity index (χ0n) is 11.5. The minimum absolute atomic E-state index is 0.0816. The molecule has 7 heteroatoms. The van der Waals surface area contributed by atoms with Gasteiger partial charge in [0, 0.05) is 12.2 Å². The molecule has 21 heavy (non-hydrogen) atoms. The van der Waals surface area contributed by atoms with Crippen molar-refractivity contribution in [2.24, 2.45) is 0 Å². The molecule has 0 radical (unpaired) electrons. The van der Waals surface area contributed by atoms with Gasteiger partial charge in [-0.2, -0.15) is 0 Å². The van der Waals surface area contributed by atoms with Gasteiger partial charge >= 0.3 is 0 Å². The molecule has 0 bridgehead atoms. The molecule has 108 valence electrons. The van der Waals surface area contributed by atoms with Crippen LogP contribution in [-0.4, -0.2) is 38.4 Å². The summed E-state index contributed by atoms with van der Waals surface area (Å²) in [6.45, 7) is 4.94. The molecule has 1 aromatic carbocycles. The van der Waals surface area contributed by atoms with Crippen LogP contribution >= 0.6 is 11.8 Å². The number of carbonyl (C=O) groups is 1. The van der Waals surface area contributed by atoms with Crippen LogP contribution in [0.15, 0.2) is 42.1 Å². The number of anilines is 1. The smallest absolute Gasteiger partial charge is 0.237 e. The number of benzene rings is 1. The van der Waals surface area contributed by atoms with E-state index in [2.05, 4.69) is 28.2 Å². The molecule has 0 spiro atoms. The number of carbonyl (C=O) groups excluding carboxylic acids is 1. The van der Waals surface area contributed by atoms with Crippen molar-refractivity contribution < 1.29 is 4.79 Å². The summed E-state index contributed by atoms with van der Waals surface area (Å²) >= 11 is 1.35. The van der Waals surface area contributed by atoms with E-state index in [-0.39, 0.29) is 5.91 Å². The first-order valence-electron chi connectivity index (χ1n) is 6.67. The lowest BCUT2D eigenvalue weighted by atomic mass is 10.2. The molecule has 0 N–H and O–H groups in total. The van der Waals surface area contributed by atoms with Crippen LogP contribution in [0.3, 0.4) is 0 Å². The van der Waals surface area contributed by atoms with Gasteiger partial charge in [0.25, 0.3) is 0 Å². The van der Waals surface area contributed by atoms with E-state index < -0.39 is 0 Å². The monoisotopic (exact) mass is 301 g/mol. The summed E-state index contributed by atoms with van der Waals surface area (Å²) < 4.78 is 1.63. The van der Waals surface area contributed by atoms with Gasteiger partial charge in [-0.15, -0.1) is 11.7 Å². The summed E-state index contributed by atoms with van der Waals surface area (Å²) in [4.78, 5) is 14.2. The fourth-order valence-electron chi connectivity index (χ4n) is 2.34. The normalized spacial score (nSPS) is 13.2. The third-order valence-electron chi connectivity index (χ3n) is 3.31. The van der Waals surface area contributed by atoms with Crippen molar-refractivity contribution in [2.75, 3.05) is 17.2 Å². The van der Waals surface area contributed by atoms with E-state index >= 15 is 0 Å². The molecule has 1 aliphatic heterocycles. The molecular weight excluding hydrogens is 286 g/mol. The number of amides is 1. The van der Waals surface area contributed by atoms with Crippen molar-refractivity contribution in [3.63, 3.8) is 0 Å². The molecule has 0 unspecified atom stereocenters. The summed E-state index contributed by atoms with van der Waals surface area (Å²) in [6.07, 6.45) is 2.64. The Hall–Kier alpha value is -2.15. The number of rotatable bonds is 5. The van der Waals surface area contributed by atoms with Gasteiger partial charge < -0.3 is 4.90 Å². The summed E-state index contributed by atoms with van der Waals surface area (Å²) in [5.41, 5.74) is 2.25. The lowest BCUT2D eigenvalue weighted by Gasteiger charge is -2.16. The Morgan fingerprint density at radius 1 is 1.43 bits per heavy atom. The Bertz CT molecular complexity index is 669. The van der Waals surface area contributed by atoms with Crippen molar-refractivity contribution in [1.29, 1.82) is 0 Å². The topological polar surface area (TPSA) is 63.9 Å². The van der Waals surface area contributed by atoms with Crippen molar-refractivity contribution in [2.45, 2.75) is 18.1 Å². The number of para-hydroxylation sites is 1. The SMILES string of the molecule is C=CCn1nnnc1SCC(=O)N1CCc2ccccc21. The summed E-state index contributed by atoms with van der Waals surface area (Å²) in [7, 11) is 0. The van der Waals surface area contributed by atoms with Crippen LogP contribution in [0.1, 0.15) is 5.56 Å². The van der Waals surface area contributed by atoms with Crippen LogP contribution in [0.2, 0.25) is 0 Å². The molecule has 2 aromatic rings. The van der Waals surface area contributed by atoms with Crippen molar-refractivity contribution in [3.8, 4) is 0 Å². The Balaban J connectivity index is 1.65. The highest BCUT2D eigenvalue weighted by Gasteiger charge is 2.24. The molecule has 0 saturated heterocycles. The van der Waals surface area contributed by atoms with Crippen molar-refractivity contribution >= 4 is 23.4 Å². The van der Waals surface area contributed by atoms with Gasteiger partial charge in [0.1, 0.15) is 0 Å². The lowest BCUT2D eigenvalue weighted by molar-refractivity contribution is -0.116. The van der Waals surface area contributed by atoms with Gasteiger partial charge in [-0.25, -0.2) is 4.68 Å². The van der Waals surface area contributed by atoms with E-state index in [0.717, 1.165) is 18.7 Å². The van der Waals surface area contributed by atoms with Gasteiger partial charge in [0.05, 0.1) is 12.3 Å². The minimum Gasteiger partial charge on any atom is -0.311 e. The highest BCUT2D eigenvalue weighted by molar-refractivity contribution is 7.99. The summed E-state index contributed by atoms with van der Waals surface area (Å²) in [6, 6.07) is 8.03. The molecule has 0 aliphatic carbocycles. The number of tetrazole rings is 1. The fourth-order valence-corrected chi connectivity index (χ4v) is 3.10. The van der Waals surface area contributed by atoms with Crippen LogP contribution in [0.25, 0.3) is 0 Å². The van der Waals surface area contributed by atoms with E-state index in [0.29, 0.717) is 17.5 Å². The third kappa shape index (κ3) is 2.82. The first-order chi connectivity index (χ1) is 10.3. The highest BCUT2D eigenvalue weighted by Crippen LogP contribution is 2.28. The zero-order valence-corrected chi connectivity index (χ0v) is 12.3. The molecule has 3 rings (SSSR count). The van der Waals surface area contributed by atoms with Gasteiger partial charge in [0.2, 0.25) is 11.1 Å². The summed E-state index contributed by atoms with van der Waals surface area (Å²) in [5.74, 6) is 0.407. The number of hydrogen-bond acceptors (Lipinski definition) is 5. The maximum Gasteiger partial charge on any atom is 0.237 e. The van der Waals surface area contributed by atoms with Crippen molar-refractivity contribution in [1.82, 2.24) is 20.2 Å². The minimum atomic E-state index is 0.0816. The predicted molar refractivity (Wildman–Crippen MR) is 81.2 cm³/mol. The first-order valence-corrected chi connectivity index (χ1v) is 7.66. The second-order valence-electron chi connectivity index (χ2n) is 4.65. The first kappa shape index (κ1) is 13.8. The second kappa shape index (κ2) is 6.09. The Labute approximate surface area is 126 Å². The van der Waals surface area contributed by atoms with Crippen LogP contribution in [0, 0.1) is 0 Å². The molecule has 0 fully saturated rings. The fraction of sp³-hybridized carbons (Fsp3) is 0.286. The Morgan fingerprint density at radius 3 is 3.14 bits per heavy atom. The van der Waals surface area contributed by atoms with Gasteiger partial charge in [-0.3, -0.25) is 4.79 Å². The highest BCUT2D eigenvalue weighted by atomic mass is 32.2. The lowest BCUT2D eigenvalue weighted by Crippen LogP contribution is -2.30. The molecular formula is C14H15N5OS. The van der Waals surface area contributed by atoms with Crippen LogP contribution < -0.4 is 4.90 Å². The maximum atomic E-state index is 12.4. The average molecular weight is 301 g/mol. The van der Waals surface area contributed by atoms with E-state index in [1.807, 2.05) is 23.1 Å².